The minimum absolute atomic E-state index is 0.0419. The van der Waals surface area contributed by atoms with Gasteiger partial charge in [0.1, 0.15) is 0 Å². The van der Waals surface area contributed by atoms with Crippen molar-refractivity contribution in [1.29, 1.82) is 0 Å². The molecule has 1 aliphatic carbocycles. The van der Waals surface area contributed by atoms with E-state index in [0.717, 1.165) is 24.8 Å². The van der Waals surface area contributed by atoms with E-state index in [9.17, 15) is 9.90 Å². The number of carbonyl (C=O) groups excluding carboxylic acids is 1. The third-order valence-corrected chi connectivity index (χ3v) is 3.64. The Morgan fingerprint density at radius 3 is 2.71 bits per heavy atom. The molecule has 2 rings (SSSR count). The lowest BCUT2D eigenvalue weighted by molar-refractivity contribution is 0.0777. The fraction of sp³-hybridized carbons (Fsp3) is 0.400. The van der Waals surface area contributed by atoms with E-state index in [2.05, 4.69) is 6.58 Å². The Bertz CT molecular complexity index is 397. The summed E-state index contributed by atoms with van der Waals surface area (Å²) in [6.45, 7) is 3.61. The Morgan fingerprint density at radius 1 is 1.35 bits per heavy atom. The molecule has 1 N–H and O–H groups in total. The fourth-order valence-corrected chi connectivity index (χ4v) is 2.71. The number of rotatable bonds is 4. The average Bonchev–Trinajstić information content (AvgIpc) is 2.87. The maximum Gasteiger partial charge on any atom is 0.166 e. The molecular formula is C15H18O2. The molecule has 1 fully saturated rings. The van der Waals surface area contributed by atoms with Crippen molar-refractivity contribution in [2.75, 3.05) is 0 Å². The van der Waals surface area contributed by atoms with Crippen molar-refractivity contribution < 1.29 is 9.90 Å². The molecule has 2 heteroatoms. The first-order valence-corrected chi connectivity index (χ1v) is 6.14. The average molecular weight is 230 g/mol. The van der Waals surface area contributed by atoms with Gasteiger partial charge in [-0.2, -0.15) is 0 Å². The molecule has 0 aromatic heterocycles. The quantitative estimate of drug-likeness (QED) is 0.638. The molecule has 2 nitrogen and oxygen atoms in total. The first kappa shape index (κ1) is 12.1. The van der Waals surface area contributed by atoms with E-state index in [1.54, 1.807) is 6.08 Å². The van der Waals surface area contributed by atoms with E-state index >= 15 is 0 Å². The van der Waals surface area contributed by atoms with Crippen LogP contribution in [0.3, 0.4) is 0 Å². The van der Waals surface area contributed by atoms with Crippen LogP contribution in [0.25, 0.3) is 0 Å². The summed E-state index contributed by atoms with van der Waals surface area (Å²) in [5.41, 5.74) is 0.751. The number of benzene rings is 1. The van der Waals surface area contributed by atoms with Gasteiger partial charge in [0.15, 0.2) is 5.78 Å². The molecular weight excluding hydrogens is 212 g/mol. The topological polar surface area (TPSA) is 37.3 Å². The number of ketones is 1. The third-order valence-electron chi connectivity index (χ3n) is 3.64. The van der Waals surface area contributed by atoms with Crippen molar-refractivity contribution in [2.45, 2.75) is 25.4 Å². The van der Waals surface area contributed by atoms with Gasteiger partial charge in [0.2, 0.25) is 0 Å². The molecule has 90 valence electrons. The molecule has 1 aromatic carbocycles. The second kappa shape index (κ2) is 5.28. The van der Waals surface area contributed by atoms with Gasteiger partial charge in [-0.05, 0) is 18.8 Å². The first-order chi connectivity index (χ1) is 8.24. The zero-order valence-corrected chi connectivity index (χ0v) is 9.88. The molecule has 0 bridgehead atoms. The lowest BCUT2D eigenvalue weighted by atomic mass is 9.85. The molecule has 3 atom stereocenters. The van der Waals surface area contributed by atoms with Gasteiger partial charge in [-0.25, -0.2) is 0 Å². The highest BCUT2D eigenvalue weighted by Crippen LogP contribution is 2.36. The van der Waals surface area contributed by atoms with Gasteiger partial charge in [-0.1, -0.05) is 42.8 Å². The van der Waals surface area contributed by atoms with Crippen LogP contribution in [0, 0.1) is 11.8 Å². The van der Waals surface area contributed by atoms with Crippen LogP contribution in [-0.2, 0) is 0 Å². The Labute approximate surface area is 102 Å². The summed E-state index contributed by atoms with van der Waals surface area (Å²) >= 11 is 0. The number of aliphatic hydroxyl groups is 1. The second-order valence-corrected chi connectivity index (χ2v) is 4.66. The van der Waals surface area contributed by atoms with Crippen LogP contribution in [-0.4, -0.2) is 17.0 Å². The van der Waals surface area contributed by atoms with Crippen LogP contribution in [0.1, 0.15) is 29.6 Å². The van der Waals surface area contributed by atoms with Gasteiger partial charge in [-0.3, -0.25) is 4.79 Å². The van der Waals surface area contributed by atoms with Crippen LogP contribution < -0.4 is 0 Å². The number of aliphatic hydroxyl groups excluding tert-OH is 1. The lowest BCUT2D eigenvalue weighted by Gasteiger charge is -2.21. The summed E-state index contributed by atoms with van der Waals surface area (Å²) in [7, 11) is 0. The predicted octanol–water partition coefficient (Wildman–Crippen LogP) is 2.83. The van der Waals surface area contributed by atoms with Gasteiger partial charge in [0.05, 0.1) is 6.10 Å². The molecule has 1 aromatic rings. The van der Waals surface area contributed by atoms with Gasteiger partial charge < -0.3 is 5.11 Å². The Balaban J connectivity index is 2.16. The highest BCUT2D eigenvalue weighted by molar-refractivity contribution is 5.98. The molecule has 1 saturated carbocycles. The second-order valence-electron chi connectivity index (χ2n) is 4.66. The summed E-state index contributed by atoms with van der Waals surface area (Å²) in [6, 6.07) is 9.35. The monoisotopic (exact) mass is 230 g/mol. The van der Waals surface area contributed by atoms with Gasteiger partial charge in [0.25, 0.3) is 0 Å². The van der Waals surface area contributed by atoms with Crippen molar-refractivity contribution in [1.82, 2.24) is 0 Å². The van der Waals surface area contributed by atoms with Gasteiger partial charge >= 0.3 is 0 Å². The highest BCUT2D eigenvalue weighted by atomic mass is 16.3. The molecule has 0 radical (unpaired) electrons. The van der Waals surface area contributed by atoms with E-state index in [1.165, 1.54) is 0 Å². The minimum Gasteiger partial charge on any atom is -0.389 e. The largest absolute Gasteiger partial charge is 0.389 e. The highest BCUT2D eigenvalue weighted by Gasteiger charge is 2.36. The Morgan fingerprint density at radius 2 is 2.06 bits per heavy atom. The zero-order valence-electron chi connectivity index (χ0n) is 9.88. The van der Waals surface area contributed by atoms with E-state index < -0.39 is 6.10 Å². The Hall–Kier alpha value is -1.41. The van der Waals surface area contributed by atoms with Crippen molar-refractivity contribution in [2.24, 2.45) is 11.8 Å². The number of hydrogen-bond acceptors (Lipinski definition) is 2. The van der Waals surface area contributed by atoms with E-state index in [1.807, 2.05) is 30.3 Å². The third kappa shape index (κ3) is 2.47. The van der Waals surface area contributed by atoms with Crippen LogP contribution >= 0.6 is 0 Å². The molecule has 0 spiro atoms. The van der Waals surface area contributed by atoms with Crippen molar-refractivity contribution >= 4 is 5.78 Å². The maximum absolute atomic E-state index is 12.3. The summed E-state index contributed by atoms with van der Waals surface area (Å²) < 4.78 is 0. The van der Waals surface area contributed by atoms with Gasteiger partial charge in [0, 0.05) is 11.5 Å². The van der Waals surface area contributed by atoms with Crippen LogP contribution in [0.5, 0.6) is 0 Å². The van der Waals surface area contributed by atoms with E-state index in [0.29, 0.717) is 0 Å². The van der Waals surface area contributed by atoms with Crippen molar-refractivity contribution in [3.05, 3.63) is 48.6 Å². The number of hydrogen-bond donors (Lipinski definition) is 1. The number of Topliss-reactive ketones (excluding diaryl/α,β-unsaturated/α-hetero) is 1. The lowest BCUT2D eigenvalue weighted by Crippen LogP contribution is -2.27. The summed E-state index contributed by atoms with van der Waals surface area (Å²) in [5.74, 6) is 0.152. The zero-order chi connectivity index (χ0) is 12.3. The summed E-state index contributed by atoms with van der Waals surface area (Å²) in [4.78, 5) is 12.3. The Kier molecular flexibility index (Phi) is 3.75. The van der Waals surface area contributed by atoms with Crippen LogP contribution in [0.15, 0.2) is 43.0 Å². The maximum atomic E-state index is 12.3. The molecule has 0 heterocycles. The summed E-state index contributed by atoms with van der Waals surface area (Å²) in [6.07, 6.45) is 3.79. The SMILES string of the molecule is C=C[C@@H](O)[C@H]1CCC[C@@H]1C(=O)c1ccccc1. The molecule has 0 amide bonds. The van der Waals surface area contributed by atoms with E-state index in [4.69, 9.17) is 0 Å². The van der Waals surface area contributed by atoms with Crippen molar-refractivity contribution in [3.8, 4) is 0 Å². The standard InChI is InChI=1S/C15H18O2/c1-2-14(16)12-9-6-10-13(12)15(17)11-7-4-3-5-8-11/h2-5,7-8,12-14,16H,1,6,9-10H2/t12-,13-,14+/m0/s1. The van der Waals surface area contributed by atoms with Gasteiger partial charge in [-0.15, -0.1) is 6.58 Å². The smallest absolute Gasteiger partial charge is 0.166 e. The van der Waals surface area contributed by atoms with Crippen LogP contribution in [0.4, 0.5) is 0 Å². The van der Waals surface area contributed by atoms with Crippen LogP contribution in [0.2, 0.25) is 0 Å². The minimum atomic E-state index is -0.560. The number of carbonyl (C=O) groups is 1. The van der Waals surface area contributed by atoms with E-state index in [-0.39, 0.29) is 17.6 Å². The first-order valence-electron chi connectivity index (χ1n) is 6.14. The molecule has 0 saturated heterocycles. The normalized spacial score (nSPS) is 25.5. The summed E-state index contributed by atoms with van der Waals surface area (Å²) in [5, 5.41) is 9.85. The predicted molar refractivity (Wildman–Crippen MR) is 67.8 cm³/mol. The fourth-order valence-electron chi connectivity index (χ4n) is 2.71. The molecule has 0 unspecified atom stereocenters. The molecule has 1 aliphatic rings. The molecule has 17 heavy (non-hydrogen) atoms. The van der Waals surface area contributed by atoms with Crippen molar-refractivity contribution in [3.63, 3.8) is 0 Å². The molecule has 0 aliphatic heterocycles.